The van der Waals surface area contributed by atoms with Crippen LogP contribution in [0.3, 0.4) is 0 Å². The van der Waals surface area contributed by atoms with Gasteiger partial charge in [0.25, 0.3) is 0 Å². The van der Waals surface area contributed by atoms with Crippen molar-refractivity contribution in [3.63, 3.8) is 0 Å². The second kappa shape index (κ2) is 3.29. The lowest BCUT2D eigenvalue weighted by Gasteiger charge is -1.95. The van der Waals surface area contributed by atoms with Crippen LogP contribution in [0.1, 0.15) is 22.9 Å². The van der Waals surface area contributed by atoms with Gasteiger partial charge in [0.2, 0.25) is 5.89 Å². The van der Waals surface area contributed by atoms with Gasteiger partial charge in [-0.15, -0.1) is 0 Å². The van der Waals surface area contributed by atoms with Crippen molar-refractivity contribution in [2.24, 2.45) is 0 Å². The van der Waals surface area contributed by atoms with E-state index >= 15 is 0 Å². The monoisotopic (exact) mass is 190 g/mol. The number of nitrogens with zero attached hydrogens (tertiary/aromatic N) is 3. The van der Waals surface area contributed by atoms with Crippen LogP contribution in [0.2, 0.25) is 0 Å². The molecule has 2 aromatic rings. The Kier molecular flexibility index (Phi) is 2.11. The van der Waals surface area contributed by atoms with Gasteiger partial charge in [0.15, 0.2) is 0 Å². The van der Waals surface area contributed by atoms with Crippen LogP contribution in [0.5, 0.6) is 0 Å². The van der Waals surface area contributed by atoms with Crippen molar-refractivity contribution in [3.8, 4) is 0 Å². The highest BCUT2D eigenvalue weighted by atomic mass is 16.4. The van der Waals surface area contributed by atoms with Gasteiger partial charge < -0.3 is 4.42 Å². The van der Waals surface area contributed by atoms with Crippen LogP contribution in [-0.4, -0.2) is 14.8 Å². The molecule has 1 radical (unpaired) electrons. The van der Waals surface area contributed by atoms with E-state index in [-0.39, 0.29) is 0 Å². The van der Waals surface area contributed by atoms with Crippen LogP contribution in [0.15, 0.2) is 16.8 Å². The molecule has 0 fully saturated rings. The van der Waals surface area contributed by atoms with E-state index in [1.54, 1.807) is 6.20 Å². The molecule has 4 nitrogen and oxygen atoms in total. The van der Waals surface area contributed by atoms with Crippen LogP contribution in [0, 0.1) is 20.8 Å². The molecule has 0 spiro atoms. The third-order valence-electron chi connectivity index (χ3n) is 2.09. The number of rotatable bonds is 2. The molecule has 73 valence electrons. The Balaban J connectivity index is 2.18. The summed E-state index contributed by atoms with van der Waals surface area (Å²) in [4.78, 5) is 4.06. The fraction of sp³-hybridized carbons (Fsp3) is 0.300. The third kappa shape index (κ3) is 1.69. The van der Waals surface area contributed by atoms with Crippen molar-refractivity contribution in [2.45, 2.75) is 20.4 Å². The van der Waals surface area contributed by atoms with Gasteiger partial charge >= 0.3 is 0 Å². The highest BCUT2D eigenvalue weighted by molar-refractivity contribution is 5.12. The number of aryl methyl sites for hydroxylation is 2. The maximum atomic E-state index is 5.25. The second-order valence-electron chi connectivity index (χ2n) is 3.32. The Bertz CT molecular complexity index is 422. The zero-order chi connectivity index (χ0) is 10.1. The first-order valence-corrected chi connectivity index (χ1v) is 4.42. The standard InChI is InChI=1S/C10H12N3O/c1-7-5-13(12-9(7)3)6-10-11-4-8(2)14-10/h4-5H,2,6H2,1,3H3. The van der Waals surface area contributed by atoms with Gasteiger partial charge in [0, 0.05) is 13.1 Å². The predicted molar refractivity (Wildman–Crippen MR) is 51.8 cm³/mol. The van der Waals surface area contributed by atoms with E-state index in [4.69, 9.17) is 4.42 Å². The maximum Gasteiger partial charge on any atom is 0.216 e. The van der Waals surface area contributed by atoms with Crippen molar-refractivity contribution < 1.29 is 4.42 Å². The normalized spacial score (nSPS) is 10.8. The molecule has 4 heteroatoms. The molecule has 0 atom stereocenters. The summed E-state index contributed by atoms with van der Waals surface area (Å²) in [5.74, 6) is 1.22. The third-order valence-corrected chi connectivity index (χ3v) is 2.09. The Labute approximate surface area is 82.6 Å². The van der Waals surface area contributed by atoms with Crippen LogP contribution in [0.4, 0.5) is 0 Å². The van der Waals surface area contributed by atoms with Crippen LogP contribution in [-0.2, 0) is 6.54 Å². The first-order valence-electron chi connectivity index (χ1n) is 4.42. The molecule has 0 aromatic carbocycles. The number of hydrogen-bond acceptors (Lipinski definition) is 3. The van der Waals surface area contributed by atoms with Crippen molar-refractivity contribution >= 4 is 0 Å². The van der Waals surface area contributed by atoms with Gasteiger partial charge in [-0.3, -0.25) is 4.68 Å². The Morgan fingerprint density at radius 2 is 2.29 bits per heavy atom. The average Bonchev–Trinajstić information content (AvgIpc) is 2.62. The lowest BCUT2D eigenvalue weighted by molar-refractivity contribution is 0.454. The Morgan fingerprint density at radius 1 is 1.50 bits per heavy atom. The summed E-state index contributed by atoms with van der Waals surface area (Å²) in [5.41, 5.74) is 2.21. The molecule has 0 aliphatic rings. The second-order valence-corrected chi connectivity index (χ2v) is 3.32. The average molecular weight is 190 g/mol. The lowest BCUT2D eigenvalue weighted by Crippen LogP contribution is -2.00. The minimum Gasteiger partial charge on any atom is -0.444 e. The Morgan fingerprint density at radius 3 is 2.79 bits per heavy atom. The van der Waals surface area contributed by atoms with Crippen LogP contribution >= 0.6 is 0 Å². The summed E-state index contributed by atoms with van der Waals surface area (Å²) >= 11 is 0. The molecule has 0 aliphatic carbocycles. The summed E-state index contributed by atoms with van der Waals surface area (Å²) in [5, 5.41) is 4.31. The summed E-state index contributed by atoms with van der Waals surface area (Å²) < 4.78 is 7.07. The molecular weight excluding hydrogens is 178 g/mol. The molecule has 0 unspecified atom stereocenters. The molecule has 0 N–H and O–H groups in total. The largest absolute Gasteiger partial charge is 0.444 e. The fourth-order valence-corrected chi connectivity index (χ4v) is 1.26. The molecule has 2 rings (SSSR count). The van der Waals surface area contributed by atoms with Crippen LogP contribution in [0.25, 0.3) is 0 Å². The van der Waals surface area contributed by atoms with E-state index in [0.717, 1.165) is 5.69 Å². The molecule has 0 bridgehead atoms. The van der Waals surface area contributed by atoms with Crippen LogP contribution < -0.4 is 0 Å². The van der Waals surface area contributed by atoms with E-state index in [9.17, 15) is 0 Å². The van der Waals surface area contributed by atoms with Crippen molar-refractivity contribution in [1.29, 1.82) is 0 Å². The summed E-state index contributed by atoms with van der Waals surface area (Å²) in [6, 6.07) is 0. The molecule has 0 saturated heterocycles. The van der Waals surface area contributed by atoms with Gasteiger partial charge in [-0.05, 0) is 19.4 Å². The predicted octanol–water partition coefficient (Wildman–Crippen LogP) is 1.72. The van der Waals surface area contributed by atoms with Gasteiger partial charge in [-0.2, -0.15) is 5.10 Å². The van der Waals surface area contributed by atoms with Crippen molar-refractivity contribution in [3.05, 3.63) is 42.2 Å². The SMILES string of the molecule is [CH2]c1cnc(Cn2cc(C)c(C)n2)o1. The molecule has 0 saturated carbocycles. The molecule has 2 aromatic heterocycles. The molecule has 14 heavy (non-hydrogen) atoms. The summed E-state index contributed by atoms with van der Waals surface area (Å²) in [6.07, 6.45) is 3.58. The highest BCUT2D eigenvalue weighted by Crippen LogP contribution is 2.07. The maximum absolute atomic E-state index is 5.25. The van der Waals surface area contributed by atoms with E-state index in [2.05, 4.69) is 17.0 Å². The summed E-state index contributed by atoms with van der Waals surface area (Å²) in [6.45, 7) is 8.22. The molecule has 0 amide bonds. The van der Waals surface area contributed by atoms with E-state index in [1.165, 1.54) is 5.56 Å². The first-order chi connectivity index (χ1) is 6.65. The minimum atomic E-state index is 0.560. The first kappa shape index (κ1) is 8.99. The lowest BCUT2D eigenvalue weighted by atomic mass is 10.3. The van der Waals surface area contributed by atoms with Crippen molar-refractivity contribution in [2.75, 3.05) is 0 Å². The van der Waals surface area contributed by atoms with Gasteiger partial charge in [-0.1, -0.05) is 0 Å². The van der Waals surface area contributed by atoms with Gasteiger partial charge in [0.1, 0.15) is 12.3 Å². The Hall–Kier alpha value is -1.58. The summed E-state index contributed by atoms with van der Waals surface area (Å²) in [7, 11) is 0. The smallest absolute Gasteiger partial charge is 0.216 e. The van der Waals surface area contributed by atoms with E-state index in [1.807, 2.05) is 24.7 Å². The zero-order valence-corrected chi connectivity index (χ0v) is 8.32. The zero-order valence-electron chi connectivity index (χ0n) is 8.32. The quantitative estimate of drug-likeness (QED) is 0.724. The number of hydrogen-bond donors (Lipinski definition) is 0. The number of oxazole rings is 1. The topological polar surface area (TPSA) is 43.9 Å². The van der Waals surface area contributed by atoms with E-state index in [0.29, 0.717) is 18.2 Å². The minimum absolute atomic E-state index is 0.560. The van der Waals surface area contributed by atoms with Gasteiger partial charge in [-0.25, -0.2) is 4.98 Å². The van der Waals surface area contributed by atoms with Gasteiger partial charge in [0.05, 0.1) is 11.9 Å². The highest BCUT2D eigenvalue weighted by Gasteiger charge is 2.04. The molecule has 0 aliphatic heterocycles. The molecular formula is C10H12N3O. The molecule has 2 heterocycles. The number of aromatic nitrogens is 3. The fourth-order valence-electron chi connectivity index (χ4n) is 1.26. The van der Waals surface area contributed by atoms with Crippen molar-refractivity contribution in [1.82, 2.24) is 14.8 Å². The van der Waals surface area contributed by atoms with E-state index < -0.39 is 0 Å².